The van der Waals surface area contributed by atoms with Gasteiger partial charge in [0.15, 0.2) is 11.6 Å². The van der Waals surface area contributed by atoms with Crippen molar-refractivity contribution >= 4 is 22.6 Å². The van der Waals surface area contributed by atoms with Crippen molar-refractivity contribution in [3.8, 4) is 5.75 Å². The van der Waals surface area contributed by atoms with E-state index in [1.165, 1.54) is 13.3 Å². The SMILES string of the molecule is COc1c(N2C[C@H](NCc3ccccc3)[C@H](OC)C2)c(F)cc2c(=O)c(C(=O)O)cn(C3CC3)c12. The summed E-state index contributed by atoms with van der Waals surface area (Å²) in [6, 6.07) is 11.1. The summed E-state index contributed by atoms with van der Waals surface area (Å²) in [4.78, 5) is 26.5. The van der Waals surface area contributed by atoms with Crippen LogP contribution in [0.4, 0.5) is 10.1 Å². The van der Waals surface area contributed by atoms with E-state index in [1.807, 2.05) is 35.2 Å². The Labute approximate surface area is 201 Å². The molecule has 2 aliphatic rings. The molecule has 2 N–H and O–H groups in total. The number of ether oxygens (including phenoxy) is 2. The molecule has 1 saturated heterocycles. The van der Waals surface area contributed by atoms with E-state index in [-0.39, 0.29) is 40.6 Å². The van der Waals surface area contributed by atoms with Gasteiger partial charge in [-0.15, -0.1) is 0 Å². The molecule has 1 aromatic heterocycles. The van der Waals surface area contributed by atoms with Crippen molar-refractivity contribution in [1.82, 2.24) is 9.88 Å². The number of carboxylic acids is 1. The fraction of sp³-hybridized carbons (Fsp3) is 0.385. The van der Waals surface area contributed by atoms with Crippen LogP contribution in [0.3, 0.4) is 0 Å². The minimum Gasteiger partial charge on any atom is -0.492 e. The number of hydrogen-bond acceptors (Lipinski definition) is 6. The Morgan fingerprint density at radius 1 is 1.20 bits per heavy atom. The molecule has 0 unspecified atom stereocenters. The maximum atomic E-state index is 15.6. The fourth-order valence-corrected chi connectivity index (χ4v) is 4.96. The summed E-state index contributed by atoms with van der Waals surface area (Å²) in [7, 11) is 3.08. The topological polar surface area (TPSA) is 93.0 Å². The Hall–Kier alpha value is -3.43. The minimum atomic E-state index is -1.33. The molecule has 2 heterocycles. The highest BCUT2D eigenvalue weighted by molar-refractivity contribution is 5.97. The molecule has 2 fully saturated rings. The van der Waals surface area contributed by atoms with Gasteiger partial charge in [0, 0.05) is 39.0 Å². The Morgan fingerprint density at radius 2 is 1.94 bits per heavy atom. The molecule has 9 heteroatoms. The molecule has 184 valence electrons. The van der Waals surface area contributed by atoms with Gasteiger partial charge in [-0.25, -0.2) is 9.18 Å². The van der Waals surface area contributed by atoms with E-state index < -0.39 is 17.2 Å². The zero-order valence-electron chi connectivity index (χ0n) is 19.7. The minimum absolute atomic E-state index is 0.0103. The van der Waals surface area contributed by atoms with Gasteiger partial charge in [-0.1, -0.05) is 30.3 Å². The molecule has 2 atom stereocenters. The summed E-state index contributed by atoms with van der Waals surface area (Å²) in [6.07, 6.45) is 2.89. The van der Waals surface area contributed by atoms with Gasteiger partial charge in [0.05, 0.1) is 30.2 Å². The number of aromatic nitrogens is 1. The maximum absolute atomic E-state index is 15.6. The Bertz CT molecular complexity index is 1320. The molecule has 3 aromatic rings. The van der Waals surface area contributed by atoms with Crippen molar-refractivity contribution in [2.75, 3.05) is 32.2 Å². The Morgan fingerprint density at radius 3 is 2.57 bits per heavy atom. The third-order valence-corrected chi connectivity index (χ3v) is 6.87. The number of carbonyl (C=O) groups is 1. The lowest BCUT2D eigenvalue weighted by atomic mass is 10.1. The predicted molar refractivity (Wildman–Crippen MR) is 130 cm³/mol. The molecule has 8 nitrogen and oxygen atoms in total. The van der Waals surface area contributed by atoms with E-state index >= 15 is 4.39 Å². The van der Waals surface area contributed by atoms with Crippen molar-refractivity contribution in [3.63, 3.8) is 0 Å². The van der Waals surface area contributed by atoms with Gasteiger partial charge in [-0.2, -0.15) is 0 Å². The van der Waals surface area contributed by atoms with Crippen LogP contribution in [0, 0.1) is 5.82 Å². The summed E-state index contributed by atoms with van der Waals surface area (Å²) in [5.74, 6) is -1.72. The molecule has 2 aromatic carbocycles. The number of anilines is 1. The van der Waals surface area contributed by atoms with Gasteiger partial charge < -0.3 is 29.4 Å². The lowest BCUT2D eigenvalue weighted by Crippen LogP contribution is -2.39. The highest BCUT2D eigenvalue weighted by atomic mass is 19.1. The molecular formula is C26H28FN3O5. The van der Waals surface area contributed by atoms with E-state index in [1.54, 1.807) is 11.7 Å². The van der Waals surface area contributed by atoms with E-state index in [2.05, 4.69) is 5.32 Å². The van der Waals surface area contributed by atoms with Gasteiger partial charge >= 0.3 is 5.97 Å². The number of benzene rings is 2. The van der Waals surface area contributed by atoms with Crippen molar-refractivity contribution in [3.05, 3.63) is 69.8 Å². The maximum Gasteiger partial charge on any atom is 0.341 e. The first-order valence-corrected chi connectivity index (χ1v) is 11.7. The number of hydrogen-bond donors (Lipinski definition) is 2. The second kappa shape index (κ2) is 9.31. The van der Waals surface area contributed by atoms with Crippen molar-refractivity contribution in [2.45, 2.75) is 37.6 Å². The molecule has 0 radical (unpaired) electrons. The molecule has 5 rings (SSSR count). The first-order chi connectivity index (χ1) is 16.9. The molecule has 1 aliphatic carbocycles. The zero-order chi connectivity index (χ0) is 24.7. The summed E-state index contributed by atoms with van der Waals surface area (Å²) in [6.45, 7) is 1.56. The third-order valence-electron chi connectivity index (χ3n) is 6.87. The van der Waals surface area contributed by atoms with Gasteiger partial charge in [0.1, 0.15) is 11.3 Å². The number of nitrogens with one attached hydrogen (secondary N) is 1. The summed E-state index contributed by atoms with van der Waals surface area (Å²) in [5, 5.41) is 13.0. The van der Waals surface area contributed by atoms with Gasteiger partial charge in [-0.3, -0.25) is 4.79 Å². The molecule has 0 bridgehead atoms. The van der Waals surface area contributed by atoms with Gasteiger partial charge in [-0.05, 0) is 24.5 Å². The Kier molecular flexibility index (Phi) is 6.21. The van der Waals surface area contributed by atoms with Gasteiger partial charge in [0.2, 0.25) is 5.43 Å². The van der Waals surface area contributed by atoms with Crippen LogP contribution >= 0.6 is 0 Å². The summed E-state index contributed by atoms with van der Waals surface area (Å²) < 4.78 is 28.8. The number of nitrogens with zero attached hydrogens (tertiary/aromatic N) is 2. The fourth-order valence-electron chi connectivity index (χ4n) is 4.96. The van der Waals surface area contributed by atoms with E-state index in [4.69, 9.17) is 9.47 Å². The summed E-state index contributed by atoms with van der Waals surface area (Å²) >= 11 is 0. The highest BCUT2D eigenvalue weighted by Crippen LogP contribution is 2.44. The lowest BCUT2D eigenvalue weighted by Gasteiger charge is -2.24. The smallest absolute Gasteiger partial charge is 0.341 e. The number of methoxy groups -OCH3 is 2. The number of aromatic carboxylic acids is 1. The van der Waals surface area contributed by atoms with Crippen LogP contribution in [0.2, 0.25) is 0 Å². The average Bonchev–Trinajstić information content (AvgIpc) is 3.62. The number of pyridine rings is 1. The largest absolute Gasteiger partial charge is 0.492 e. The number of fused-ring (bicyclic) bond motifs is 1. The first-order valence-electron chi connectivity index (χ1n) is 11.7. The second-order valence-electron chi connectivity index (χ2n) is 9.10. The standard InChI is InChI=1S/C26H28FN3O5/c1-34-21-14-29(13-20(21)28-11-15-6-4-3-5-7-15)23-19(27)10-17-22(25(23)35-2)30(16-8-9-16)12-18(24(17)31)26(32)33/h3-7,10,12,16,20-21,28H,8-9,11,13-14H2,1-2H3,(H,32,33)/t20-,21+/m0/s1. The van der Waals surface area contributed by atoms with Crippen LogP contribution in [-0.4, -0.2) is 55.1 Å². The van der Waals surface area contributed by atoms with E-state index in [9.17, 15) is 14.7 Å². The Balaban J connectivity index is 1.55. The highest BCUT2D eigenvalue weighted by Gasteiger charge is 2.37. The molecule has 1 aliphatic heterocycles. The normalized spacial score (nSPS) is 19.9. The quantitative estimate of drug-likeness (QED) is 0.511. The predicted octanol–water partition coefficient (Wildman–Crippen LogP) is 3.18. The monoisotopic (exact) mass is 481 g/mol. The van der Waals surface area contributed by atoms with E-state index in [0.29, 0.717) is 25.2 Å². The molecule has 1 saturated carbocycles. The third kappa shape index (κ3) is 4.26. The molecule has 0 amide bonds. The van der Waals surface area contributed by atoms with E-state index in [0.717, 1.165) is 24.5 Å². The van der Waals surface area contributed by atoms with Crippen LogP contribution in [0.1, 0.15) is 34.8 Å². The zero-order valence-corrected chi connectivity index (χ0v) is 19.7. The summed E-state index contributed by atoms with van der Waals surface area (Å²) in [5.41, 5.74) is 0.730. The van der Waals surface area contributed by atoms with Crippen molar-refractivity contribution in [1.29, 1.82) is 0 Å². The lowest BCUT2D eigenvalue weighted by molar-refractivity contribution is 0.0694. The number of rotatable bonds is 8. The number of halogens is 1. The van der Waals surface area contributed by atoms with Crippen molar-refractivity contribution < 1.29 is 23.8 Å². The first kappa shape index (κ1) is 23.3. The van der Waals surface area contributed by atoms with Crippen LogP contribution < -0.4 is 20.4 Å². The van der Waals surface area contributed by atoms with Crippen molar-refractivity contribution in [2.24, 2.45) is 0 Å². The molecule has 0 spiro atoms. The van der Waals surface area contributed by atoms with Crippen LogP contribution in [0.15, 0.2) is 47.4 Å². The van der Waals surface area contributed by atoms with Crippen LogP contribution in [0.25, 0.3) is 10.9 Å². The average molecular weight is 482 g/mol. The molecular weight excluding hydrogens is 453 g/mol. The van der Waals surface area contributed by atoms with Crippen LogP contribution in [0.5, 0.6) is 5.75 Å². The van der Waals surface area contributed by atoms with Crippen LogP contribution in [-0.2, 0) is 11.3 Å². The second-order valence-corrected chi connectivity index (χ2v) is 9.10. The van der Waals surface area contributed by atoms with Gasteiger partial charge in [0.25, 0.3) is 0 Å². The number of carboxylic acid groups (broad SMARTS) is 1. The molecule has 35 heavy (non-hydrogen) atoms.